The first-order valence-corrected chi connectivity index (χ1v) is 9.99. The van der Waals surface area contributed by atoms with Crippen molar-refractivity contribution in [1.82, 2.24) is 5.32 Å². The quantitative estimate of drug-likeness (QED) is 0.888. The molecule has 0 bridgehead atoms. The van der Waals surface area contributed by atoms with Gasteiger partial charge in [0.2, 0.25) is 0 Å². The molecule has 2 rings (SSSR count). The molecule has 108 valence electrons. The van der Waals surface area contributed by atoms with E-state index in [0.29, 0.717) is 5.75 Å². The summed E-state index contributed by atoms with van der Waals surface area (Å²) in [6.45, 7) is 4.85. The molecule has 1 fully saturated rings. The van der Waals surface area contributed by atoms with Crippen LogP contribution in [-0.4, -0.2) is 26.0 Å². The fourth-order valence-corrected chi connectivity index (χ4v) is 6.52. The van der Waals surface area contributed by atoms with Crippen LogP contribution < -0.4 is 5.32 Å². The molecule has 3 nitrogen and oxygen atoms in total. The SMILES string of the molecule is CCNC(c1cc(C)c(Br)s1)C1CCCCS1(=O)=O. The van der Waals surface area contributed by atoms with Crippen molar-refractivity contribution in [3.05, 3.63) is 20.3 Å². The molecule has 2 heterocycles. The fraction of sp³-hybridized carbons (Fsp3) is 0.692. The van der Waals surface area contributed by atoms with Crippen LogP contribution in [0.5, 0.6) is 0 Å². The third kappa shape index (κ3) is 3.40. The van der Waals surface area contributed by atoms with E-state index in [1.54, 1.807) is 11.3 Å². The van der Waals surface area contributed by atoms with Gasteiger partial charge in [0.1, 0.15) is 0 Å². The zero-order valence-electron chi connectivity index (χ0n) is 11.3. The number of nitrogens with one attached hydrogen (secondary N) is 1. The van der Waals surface area contributed by atoms with E-state index in [-0.39, 0.29) is 11.3 Å². The van der Waals surface area contributed by atoms with Crippen LogP contribution in [0.2, 0.25) is 0 Å². The second kappa shape index (κ2) is 6.24. The average molecular weight is 366 g/mol. The number of hydrogen-bond donors (Lipinski definition) is 1. The van der Waals surface area contributed by atoms with Crippen molar-refractivity contribution in [3.63, 3.8) is 0 Å². The monoisotopic (exact) mass is 365 g/mol. The standard InChI is InChI=1S/C13H20BrNO2S2/c1-3-15-12(10-8-9(2)13(14)18-10)11-6-4-5-7-19(11,16)17/h8,11-12,15H,3-7H2,1-2H3. The molecule has 19 heavy (non-hydrogen) atoms. The minimum atomic E-state index is -2.97. The summed E-state index contributed by atoms with van der Waals surface area (Å²) in [7, 11) is -2.97. The number of rotatable bonds is 4. The van der Waals surface area contributed by atoms with Crippen LogP contribution in [0.1, 0.15) is 42.7 Å². The predicted molar refractivity (Wildman–Crippen MR) is 84.6 cm³/mol. The first kappa shape index (κ1) is 15.5. The number of hydrogen-bond acceptors (Lipinski definition) is 4. The summed E-state index contributed by atoms with van der Waals surface area (Å²) in [5.74, 6) is 0.338. The van der Waals surface area contributed by atoms with E-state index in [9.17, 15) is 8.42 Å². The lowest BCUT2D eigenvalue weighted by atomic mass is 10.1. The van der Waals surface area contributed by atoms with Gasteiger partial charge in [-0.15, -0.1) is 11.3 Å². The Labute approximate surface area is 127 Å². The highest BCUT2D eigenvalue weighted by atomic mass is 79.9. The molecule has 0 aromatic carbocycles. The average Bonchev–Trinajstić information content (AvgIpc) is 2.67. The van der Waals surface area contributed by atoms with Crippen LogP contribution in [0, 0.1) is 6.92 Å². The minimum Gasteiger partial charge on any atom is -0.308 e. The first-order valence-electron chi connectivity index (χ1n) is 6.66. The Bertz CT molecular complexity index is 519. The number of halogens is 1. The van der Waals surface area contributed by atoms with Gasteiger partial charge in [-0.3, -0.25) is 0 Å². The van der Waals surface area contributed by atoms with Crippen molar-refractivity contribution in [2.45, 2.75) is 44.4 Å². The summed E-state index contributed by atoms with van der Waals surface area (Å²) in [5, 5.41) is 3.10. The Hall–Kier alpha value is 0.0900. The molecule has 1 saturated heterocycles. The molecular weight excluding hydrogens is 346 g/mol. The summed E-state index contributed by atoms with van der Waals surface area (Å²) in [6.07, 6.45) is 2.59. The molecule has 1 aliphatic heterocycles. The van der Waals surface area contributed by atoms with Crippen molar-refractivity contribution < 1.29 is 8.42 Å². The molecule has 0 radical (unpaired) electrons. The smallest absolute Gasteiger partial charge is 0.155 e. The maximum absolute atomic E-state index is 12.3. The highest BCUT2D eigenvalue weighted by molar-refractivity contribution is 9.11. The van der Waals surface area contributed by atoms with E-state index >= 15 is 0 Å². The van der Waals surface area contributed by atoms with Crippen LogP contribution in [0.25, 0.3) is 0 Å². The maximum atomic E-state index is 12.3. The van der Waals surface area contributed by atoms with Crippen LogP contribution in [0.4, 0.5) is 0 Å². The van der Waals surface area contributed by atoms with E-state index < -0.39 is 9.84 Å². The van der Waals surface area contributed by atoms with Crippen molar-refractivity contribution >= 4 is 37.1 Å². The molecule has 1 aliphatic rings. The van der Waals surface area contributed by atoms with Gasteiger partial charge in [-0.05, 0) is 53.9 Å². The van der Waals surface area contributed by atoms with Gasteiger partial charge in [0.15, 0.2) is 9.84 Å². The number of aryl methyl sites for hydroxylation is 1. The largest absolute Gasteiger partial charge is 0.308 e. The van der Waals surface area contributed by atoms with Crippen molar-refractivity contribution in [1.29, 1.82) is 0 Å². The Kier molecular flexibility index (Phi) is 5.09. The van der Waals surface area contributed by atoms with Crippen LogP contribution >= 0.6 is 27.3 Å². The fourth-order valence-electron chi connectivity index (χ4n) is 2.63. The molecule has 0 aliphatic carbocycles. The first-order chi connectivity index (χ1) is 8.95. The van der Waals surface area contributed by atoms with Gasteiger partial charge in [0.05, 0.1) is 20.8 Å². The minimum absolute atomic E-state index is 0.0645. The van der Waals surface area contributed by atoms with Gasteiger partial charge in [-0.25, -0.2) is 8.42 Å². The van der Waals surface area contributed by atoms with Crippen LogP contribution in [-0.2, 0) is 9.84 Å². The summed E-state index contributed by atoms with van der Waals surface area (Å²) >= 11 is 5.18. The highest BCUT2D eigenvalue weighted by Crippen LogP contribution is 2.37. The molecule has 1 N–H and O–H groups in total. The zero-order valence-corrected chi connectivity index (χ0v) is 14.5. The zero-order chi connectivity index (χ0) is 14.0. The molecule has 1 aromatic heterocycles. The summed E-state index contributed by atoms with van der Waals surface area (Å²) in [6, 6.07) is 2.04. The number of thiophene rings is 1. The molecule has 0 saturated carbocycles. The van der Waals surface area contributed by atoms with E-state index in [4.69, 9.17) is 0 Å². The van der Waals surface area contributed by atoms with E-state index in [1.165, 1.54) is 5.56 Å². The van der Waals surface area contributed by atoms with Crippen LogP contribution in [0.15, 0.2) is 9.85 Å². The lowest BCUT2D eigenvalue weighted by molar-refractivity contribution is 0.458. The van der Waals surface area contributed by atoms with Gasteiger partial charge < -0.3 is 5.32 Å². The highest BCUT2D eigenvalue weighted by Gasteiger charge is 2.36. The van der Waals surface area contributed by atoms with Gasteiger partial charge in [0.25, 0.3) is 0 Å². The van der Waals surface area contributed by atoms with Crippen LogP contribution in [0.3, 0.4) is 0 Å². The second-order valence-electron chi connectivity index (χ2n) is 5.04. The third-order valence-corrected chi connectivity index (χ3v) is 8.12. The normalized spacial score (nSPS) is 24.3. The maximum Gasteiger partial charge on any atom is 0.155 e. The molecule has 2 atom stereocenters. The van der Waals surface area contributed by atoms with Gasteiger partial charge in [-0.1, -0.05) is 13.3 Å². The molecule has 1 aromatic rings. The number of sulfone groups is 1. The van der Waals surface area contributed by atoms with E-state index in [1.807, 2.05) is 13.8 Å². The Morgan fingerprint density at radius 2 is 2.26 bits per heavy atom. The van der Waals surface area contributed by atoms with E-state index in [2.05, 4.69) is 27.3 Å². The lowest BCUT2D eigenvalue weighted by Crippen LogP contribution is -2.40. The van der Waals surface area contributed by atoms with Gasteiger partial charge in [0, 0.05) is 4.88 Å². The molecular formula is C13H20BrNO2S2. The summed E-state index contributed by atoms with van der Waals surface area (Å²) in [5.41, 5.74) is 1.18. The Morgan fingerprint density at radius 3 is 2.79 bits per heavy atom. The Morgan fingerprint density at radius 1 is 1.53 bits per heavy atom. The van der Waals surface area contributed by atoms with Crippen molar-refractivity contribution in [3.8, 4) is 0 Å². The lowest BCUT2D eigenvalue weighted by Gasteiger charge is -2.30. The summed E-state index contributed by atoms with van der Waals surface area (Å²) < 4.78 is 25.7. The van der Waals surface area contributed by atoms with Crippen molar-refractivity contribution in [2.24, 2.45) is 0 Å². The van der Waals surface area contributed by atoms with Gasteiger partial charge in [-0.2, -0.15) is 0 Å². The molecule has 2 unspecified atom stereocenters. The van der Waals surface area contributed by atoms with Gasteiger partial charge >= 0.3 is 0 Å². The van der Waals surface area contributed by atoms with E-state index in [0.717, 1.165) is 34.5 Å². The Balaban J connectivity index is 2.34. The third-order valence-electron chi connectivity index (χ3n) is 3.61. The molecule has 6 heteroatoms. The van der Waals surface area contributed by atoms with Crippen molar-refractivity contribution in [2.75, 3.05) is 12.3 Å². The topological polar surface area (TPSA) is 46.2 Å². The molecule has 0 spiro atoms. The second-order valence-corrected chi connectivity index (χ2v) is 9.78. The molecule has 0 amide bonds. The summed E-state index contributed by atoms with van der Waals surface area (Å²) in [4.78, 5) is 1.13. The predicted octanol–water partition coefficient (Wildman–Crippen LogP) is 3.44.